The molecule has 29 nitrogen and oxygen atoms in total. The van der Waals surface area contributed by atoms with Crippen molar-refractivity contribution in [3.05, 3.63) is 133 Å². The summed E-state index contributed by atoms with van der Waals surface area (Å²) in [5.74, 6) is 1.81. The van der Waals surface area contributed by atoms with Crippen LogP contribution in [0.2, 0.25) is 0 Å². The van der Waals surface area contributed by atoms with Crippen LogP contribution in [0, 0.1) is 11.8 Å². The van der Waals surface area contributed by atoms with Crippen LogP contribution >= 0.6 is 0 Å². The van der Waals surface area contributed by atoms with Crippen LogP contribution in [0.15, 0.2) is 115 Å². The molecule has 111 heavy (non-hydrogen) atoms. The fourth-order valence-electron chi connectivity index (χ4n) is 15.4. The molecule has 6 aromatic heterocycles. The lowest BCUT2D eigenvalue weighted by atomic mass is 9.81. The number of imidazole rings is 2. The Bertz CT molecular complexity index is 4450. The SMILES string of the molecule is C1CCC2=NCCCN2CC1.CCN(CC)CC.CS(=O)(=O)NC(=O)c1cc(N2CCC(CCN3CCOCC3)CC2)c2c(C3CCC3)nn(-c3ccccc3)c2n1.CS(N)(=O)=O.O=C(O)c1cc(N2CCC(CCN3CCOCC3)CC2)c2c(C3CCC3)nn(-c3ccccc3)c2n1.O=C(n1ccnc1)n1ccnc1. The van der Waals surface area contributed by atoms with Gasteiger partial charge in [0.15, 0.2) is 17.0 Å². The number of fused-ring (bicyclic) bond motifs is 3. The first-order valence-corrected chi connectivity index (χ1v) is 43.9. The number of anilines is 2. The Labute approximate surface area is 654 Å². The fraction of sp³-hybridized carbons (Fsp3) is 0.575. The van der Waals surface area contributed by atoms with Crippen molar-refractivity contribution in [1.29, 1.82) is 0 Å². The number of carboxylic acids is 1. The van der Waals surface area contributed by atoms with Gasteiger partial charge in [-0.1, -0.05) is 76.4 Å². The van der Waals surface area contributed by atoms with E-state index in [2.05, 4.69) is 80.0 Å². The number of aromatic carboxylic acids is 1. The van der Waals surface area contributed by atoms with Crippen molar-refractivity contribution >= 4 is 77.2 Å². The quantitative estimate of drug-likeness (QED) is 0.0719. The molecule has 0 unspecified atom stereocenters. The molecule has 8 aromatic rings. The molecule has 8 aliphatic rings. The predicted molar refractivity (Wildman–Crippen MR) is 434 cm³/mol. The first-order valence-electron chi connectivity index (χ1n) is 40.0. The zero-order chi connectivity index (χ0) is 78.3. The first kappa shape index (κ1) is 83.4. The number of rotatable bonds is 18. The summed E-state index contributed by atoms with van der Waals surface area (Å²) in [5.41, 5.74) is 7.23. The standard InChI is InChI=1S/C29H38N6O4S.C28H35N5O3.C9H16N2.C7H6N4O.C6H15N.CH5NO2S/c1-40(37,38)32-29(36)24-20-25(34-14-11-21(12-15-34)10-13-33-16-18-39-19-17-33)26-27(22-6-5-7-22)31-35(28(26)30-24)23-8-3-2-4-9-23;34-28(35)23-19-24(32-13-10-20(11-14-32)9-12-31-15-17-36-18-16-31)25-26(21-5-4-6-21)30-33(27(25)29-23)22-7-2-1-3-8-22;1-2-5-9-10-6-4-8-11(9)7-3-1;12-7(10-3-1-8-5-10)11-4-2-9-6-11;1-4-7(5-2)6-3;1-5(2,3)4/h2-4,8-9,20-22H,5-7,10-19H2,1H3,(H,32,36);1-3,7-8,19-21H,4-6,9-18H2,(H,34,35);1-8H2;1-6H;4-6H2,1-3H3;1H3,(H2,2,3,4). The summed E-state index contributed by atoms with van der Waals surface area (Å²) in [6.07, 6.45) is 31.3. The van der Waals surface area contributed by atoms with Gasteiger partial charge < -0.3 is 34.2 Å². The van der Waals surface area contributed by atoms with E-state index in [0.29, 0.717) is 35.0 Å². The number of piperidine rings is 2. The highest BCUT2D eigenvalue weighted by Crippen LogP contribution is 2.45. The second-order valence-electron chi connectivity index (χ2n) is 29.9. The summed E-state index contributed by atoms with van der Waals surface area (Å²) < 4.78 is 62.1. The summed E-state index contributed by atoms with van der Waals surface area (Å²) in [5, 5.41) is 26.4. The maximum Gasteiger partial charge on any atom is 0.354 e. The van der Waals surface area contributed by atoms with Crippen LogP contribution in [0.4, 0.5) is 16.2 Å². The van der Waals surface area contributed by atoms with Crippen LogP contribution in [-0.4, -0.2) is 258 Å². The Balaban J connectivity index is 0.000000154. The molecule has 1 amide bonds. The van der Waals surface area contributed by atoms with E-state index in [1.807, 2.05) is 70.0 Å². The van der Waals surface area contributed by atoms with Crippen molar-refractivity contribution in [2.24, 2.45) is 22.0 Å². The summed E-state index contributed by atoms with van der Waals surface area (Å²) in [6, 6.07) is 23.1. The van der Waals surface area contributed by atoms with Crippen LogP contribution in [-0.2, 0) is 29.5 Å². The summed E-state index contributed by atoms with van der Waals surface area (Å²) in [6.45, 7) is 27.1. The molecule has 2 aliphatic carbocycles. The number of nitrogens with one attached hydrogen (secondary N) is 1. The number of sulfonamides is 2. The van der Waals surface area contributed by atoms with Gasteiger partial charge in [0.05, 0.1) is 89.7 Å². The van der Waals surface area contributed by atoms with Crippen LogP contribution in [0.3, 0.4) is 0 Å². The maximum atomic E-state index is 13.1. The zero-order valence-corrected chi connectivity index (χ0v) is 67.1. The molecule has 4 N–H and O–H groups in total. The Morgan fingerprint density at radius 1 is 0.559 bits per heavy atom. The van der Waals surface area contributed by atoms with Crippen molar-refractivity contribution in [2.75, 3.05) is 153 Å². The first-order chi connectivity index (χ1) is 53.7. The average Bonchev–Trinajstić information content (AvgIpc) is 1.61. The van der Waals surface area contributed by atoms with Gasteiger partial charge in [-0.15, -0.1) is 0 Å². The van der Waals surface area contributed by atoms with Crippen molar-refractivity contribution in [3.8, 4) is 11.4 Å². The lowest BCUT2D eigenvalue weighted by Crippen LogP contribution is -2.39. The lowest BCUT2D eigenvalue weighted by molar-refractivity contribution is 0.0348. The minimum absolute atomic E-state index is 0.0830. The molecular weight excluding hydrogens is 1450 g/mol. The number of hydrogen-bond acceptors (Lipinski definition) is 22. The number of para-hydroxylation sites is 2. The highest BCUT2D eigenvalue weighted by atomic mass is 32.2. The van der Waals surface area contributed by atoms with Crippen molar-refractivity contribution in [1.82, 2.24) is 73.0 Å². The molecule has 2 saturated carbocycles. The van der Waals surface area contributed by atoms with Gasteiger partial charge in [0.25, 0.3) is 5.91 Å². The minimum Gasteiger partial charge on any atom is -0.477 e. The number of aromatic nitrogens is 10. The molecule has 2 aromatic carbocycles. The molecule has 0 spiro atoms. The number of carbonyl (C=O) groups is 3. The molecule has 12 heterocycles. The van der Waals surface area contributed by atoms with E-state index in [0.717, 1.165) is 207 Å². The average molecular weight is 1570 g/mol. The third-order valence-corrected chi connectivity index (χ3v) is 22.8. The highest BCUT2D eigenvalue weighted by molar-refractivity contribution is 7.89. The second-order valence-corrected chi connectivity index (χ2v) is 33.4. The molecule has 6 aliphatic heterocycles. The smallest absolute Gasteiger partial charge is 0.354 e. The molecule has 5 saturated heterocycles. The fourth-order valence-corrected chi connectivity index (χ4v) is 15.9. The number of hydrogen-bond donors (Lipinski definition) is 3. The zero-order valence-electron chi connectivity index (χ0n) is 65.5. The third-order valence-electron chi connectivity index (χ3n) is 22.2. The van der Waals surface area contributed by atoms with Gasteiger partial charge in [-0.25, -0.2) is 65.6 Å². The summed E-state index contributed by atoms with van der Waals surface area (Å²) in [4.78, 5) is 72.6. The second kappa shape index (κ2) is 40.8. The molecule has 0 atom stereocenters. The Hall–Kier alpha value is -8.56. The van der Waals surface area contributed by atoms with E-state index in [1.165, 1.54) is 118 Å². The van der Waals surface area contributed by atoms with Crippen LogP contribution in [0.25, 0.3) is 33.4 Å². The maximum absolute atomic E-state index is 13.1. The van der Waals surface area contributed by atoms with Crippen molar-refractivity contribution in [3.63, 3.8) is 0 Å². The Kier molecular flexibility index (Phi) is 30.6. The lowest BCUT2D eigenvalue weighted by Gasteiger charge is -2.36. The van der Waals surface area contributed by atoms with E-state index >= 15 is 0 Å². The molecule has 0 radical (unpaired) electrons. The van der Waals surface area contributed by atoms with E-state index in [9.17, 15) is 36.3 Å². The van der Waals surface area contributed by atoms with E-state index in [1.54, 1.807) is 36.9 Å². The van der Waals surface area contributed by atoms with Gasteiger partial charge in [-0.05, 0) is 164 Å². The van der Waals surface area contributed by atoms with Crippen LogP contribution in [0.1, 0.15) is 174 Å². The molecule has 7 fully saturated rings. The number of carboxylic acid groups (broad SMARTS) is 1. The number of carbonyl (C=O) groups excluding carboxylic acids is 2. The summed E-state index contributed by atoms with van der Waals surface area (Å²) in [7, 11) is -6.90. The number of amides is 1. The Morgan fingerprint density at radius 3 is 1.40 bits per heavy atom. The number of benzene rings is 2. The molecule has 0 bridgehead atoms. The van der Waals surface area contributed by atoms with Gasteiger partial charge in [0.2, 0.25) is 20.0 Å². The van der Waals surface area contributed by atoms with Gasteiger partial charge >= 0.3 is 12.0 Å². The number of primary sulfonamides is 1. The van der Waals surface area contributed by atoms with Gasteiger partial charge in [-0.2, -0.15) is 10.2 Å². The highest BCUT2D eigenvalue weighted by Gasteiger charge is 2.35. The number of amidine groups is 1. The number of aliphatic imine (C=N–C) groups is 1. The third kappa shape index (κ3) is 23.8. The number of nitrogens with zero attached hydrogens (tertiary/aromatic N) is 17. The number of ether oxygens (including phenoxy) is 2. The monoisotopic (exact) mass is 1570 g/mol. The van der Waals surface area contributed by atoms with Crippen LogP contribution < -0.4 is 19.7 Å². The largest absolute Gasteiger partial charge is 0.477 e. The summed E-state index contributed by atoms with van der Waals surface area (Å²) >= 11 is 0. The van der Waals surface area contributed by atoms with E-state index in [-0.39, 0.29) is 17.4 Å². The van der Waals surface area contributed by atoms with Gasteiger partial charge in [0.1, 0.15) is 18.3 Å². The Morgan fingerprint density at radius 2 is 1.00 bits per heavy atom. The number of morpholine rings is 2. The number of pyridine rings is 2. The molecule has 16 rings (SSSR count). The molecule has 602 valence electrons. The van der Waals surface area contributed by atoms with Crippen molar-refractivity contribution < 1.29 is 45.8 Å². The topological polar surface area (TPSA) is 325 Å². The van der Waals surface area contributed by atoms with E-state index in [4.69, 9.17) is 24.7 Å². The number of nitrogens with two attached hydrogens (primary N) is 1. The molecular formula is C80H115N19O10S2. The van der Waals surface area contributed by atoms with E-state index < -0.39 is 31.9 Å². The van der Waals surface area contributed by atoms with Crippen LogP contribution in [0.5, 0.6) is 0 Å². The normalized spacial score (nSPS) is 18.3. The minimum atomic E-state index is -3.74. The molecule has 31 heteroatoms. The van der Waals surface area contributed by atoms with Gasteiger partial charge in [-0.3, -0.25) is 28.7 Å². The van der Waals surface area contributed by atoms with Crippen molar-refractivity contribution in [2.45, 2.75) is 142 Å². The predicted octanol–water partition coefficient (Wildman–Crippen LogP) is 10.2. The van der Waals surface area contributed by atoms with Gasteiger partial charge in [0, 0.05) is 115 Å².